The third-order valence-electron chi connectivity index (χ3n) is 4.89. The van der Waals surface area contributed by atoms with Gasteiger partial charge >= 0.3 is 0 Å². The molecule has 1 N–H and O–H groups in total. The molecule has 0 aliphatic heterocycles. The molecule has 1 aromatic carbocycles. The summed E-state index contributed by atoms with van der Waals surface area (Å²) in [5.41, 5.74) is 2.61. The molecule has 1 atom stereocenters. The van der Waals surface area contributed by atoms with Crippen LogP contribution in [-0.4, -0.2) is 44.2 Å². The molecule has 1 saturated carbocycles. The summed E-state index contributed by atoms with van der Waals surface area (Å²) in [6, 6.07) is 4.66. The van der Waals surface area contributed by atoms with E-state index in [0.29, 0.717) is 17.5 Å². The Morgan fingerprint density at radius 2 is 1.92 bits per heavy atom. The Morgan fingerprint density at radius 3 is 2.50 bits per heavy atom. The third kappa shape index (κ3) is 5.64. The van der Waals surface area contributed by atoms with Crippen LogP contribution in [0.3, 0.4) is 0 Å². The van der Waals surface area contributed by atoms with E-state index in [1.54, 1.807) is 13.0 Å². The number of anilines is 1. The van der Waals surface area contributed by atoms with E-state index in [4.69, 9.17) is 0 Å². The Morgan fingerprint density at radius 1 is 1.27 bits per heavy atom. The fourth-order valence-electron chi connectivity index (χ4n) is 3.27. The molecule has 5 nitrogen and oxygen atoms in total. The van der Waals surface area contributed by atoms with Crippen LogP contribution >= 0.6 is 11.8 Å². The van der Waals surface area contributed by atoms with Gasteiger partial charge < -0.3 is 5.32 Å². The molecule has 1 aliphatic carbocycles. The molecule has 1 amide bonds. The number of hydrogen-bond acceptors (Lipinski definition) is 4. The highest BCUT2D eigenvalue weighted by molar-refractivity contribution is 7.99. The maximum atomic E-state index is 12.5. The lowest BCUT2D eigenvalue weighted by atomic mass is 10.1. The number of aryl methyl sites for hydroxylation is 2. The molecule has 0 bridgehead atoms. The first-order valence-electron chi connectivity index (χ1n) is 9.16. The van der Waals surface area contributed by atoms with Gasteiger partial charge in [-0.1, -0.05) is 18.9 Å². The monoisotopic (exact) mass is 398 g/mol. The van der Waals surface area contributed by atoms with Crippen LogP contribution in [0.4, 0.5) is 5.69 Å². The number of hydrogen-bond donors (Lipinski definition) is 1. The second-order valence-corrected chi connectivity index (χ2v) is 10.3. The molecule has 146 valence electrons. The number of rotatable bonds is 8. The molecule has 0 radical (unpaired) electrons. The zero-order chi connectivity index (χ0) is 19.3. The number of benzene rings is 1. The highest BCUT2D eigenvalue weighted by Crippen LogP contribution is 2.29. The first-order chi connectivity index (χ1) is 12.2. The van der Waals surface area contributed by atoms with Gasteiger partial charge in [-0.25, -0.2) is 8.42 Å². The van der Waals surface area contributed by atoms with Gasteiger partial charge in [0.05, 0.1) is 11.9 Å². The van der Waals surface area contributed by atoms with E-state index >= 15 is 0 Å². The summed E-state index contributed by atoms with van der Waals surface area (Å²) in [5.74, 6) is 0.603. The van der Waals surface area contributed by atoms with Crippen molar-refractivity contribution >= 4 is 33.4 Å². The van der Waals surface area contributed by atoms with Crippen molar-refractivity contribution in [1.29, 1.82) is 0 Å². The SMILES string of the molecule is Cc1ccc(N([C@@H](C)C(=O)NCCSC2CCCC2)S(C)(=O)=O)cc1C. The van der Waals surface area contributed by atoms with Crippen LogP contribution in [0, 0.1) is 13.8 Å². The average molecular weight is 399 g/mol. The molecule has 0 aromatic heterocycles. The van der Waals surface area contributed by atoms with Gasteiger partial charge in [-0.3, -0.25) is 9.10 Å². The minimum atomic E-state index is -3.57. The van der Waals surface area contributed by atoms with E-state index in [1.807, 2.05) is 37.7 Å². The van der Waals surface area contributed by atoms with Crippen LogP contribution in [0.5, 0.6) is 0 Å². The summed E-state index contributed by atoms with van der Waals surface area (Å²) in [6.45, 7) is 6.11. The Balaban J connectivity index is 2.00. The van der Waals surface area contributed by atoms with E-state index in [2.05, 4.69) is 5.32 Å². The van der Waals surface area contributed by atoms with Gasteiger partial charge in [0.2, 0.25) is 15.9 Å². The summed E-state index contributed by atoms with van der Waals surface area (Å²) in [7, 11) is -3.57. The number of carbonyl (C=O) groups is 1. The summed E-state index contributed by atoms with van der Waals surface area (Å²) in [4.78, 5) is 12.5. The maximum Gasteiger partial charge on any atom is 0.243 e. The smallest absolute Gasteiger partial charge is 0.243 e. The predicted molar refractivity (Wildman–Crippen MR) is 110 cm³/mol. The standard InChI is InChI=1S/C19H30N2O3S2/c1-14-9-10-17(13-15(14)2)21(26(4,23)24)16(3)19(22)20-11-12-25-18-7-5-6-8-18/h9-10,13,16,18H,5-8,11-12H2,1-4H3,(H,20,22)/t16-/m0/s1. The predicted octanol–water partition coefficient (Wildman–Crippen LogP) is 3.25. The lowest BCUT2D eigenvalue weighted by Crippen LogP contribution is -2.48. The lowest BCUT2D eigenvalue weighted by molar-refractivity contribution is -0.121. The number of nitrogens with one attached hydrogen (secondary N) is 1. The highest BCUT2D eigenvalue weighted by Gasteiger charge is 2.29. The Labute approximate surface area is 162 Å². The van der Waals surface area contributed by atoms with E-state index in [-0.39, 0.29) is 5.91 Å². The normalized spacial score (nSPS) is 16.5. The van der Waals surface area contributed by atoms with Crippen molar-refractivity contribution in [3.8, 4) is 0 Å². The van der Waals surface area contributed by atoms with Crippen molar-refractivity contribution in [2.45, 2.75) is 57.7 Å². The van der Waals surface area contributed by atoms with Crippen molar-refractivity contribution in [2.75, 3.05) is 22.9 Å². The molecule has 1 aliphatic rings. The molecule has 2 rings (SSSR count). The highest BCUT2D eigenvalue weighted by atomic mass is 32.2. The van der Waals surface area contributed by atoms with Crippen LogP contribution in [0.2, 0.25) is 0 Å². The van der Waals surface area contributed by atoms with Gasteiger partial charge in [-0.15, -0.1) is 0 Å². The van der Waals surface area contributed by atoms with Crippen LogP contribution < -0.4 is 9.62 Å². The molecule has 0 saturated heterocycles. The lowest BCUT2D eigenvalue weighted by Gasteiger charge is -2.28. The van der Waals surface area contributed by atoms with Gasteiger partial charge in [0.25, 0.3) is 0 Å². The van der Waals surface area contributed by atoms with Crippen molar-refractivity contribution in [2.24, 2.45) is 0 Å². The van der Waals surface area contributed by atoms with Crippen LogP contribution in [0.1, 0.15) is 43.7 Å². The molecule has 0 spiro atoms. The second-order valence-electron chi connectivity index (χ2n) is 7.07. The fourth-order valence-corrected chi connectivity index (χ4v) is 5.66. The number of carbonyl (C=O) groups excluding carboxylic acids is 1. The number of amides is 1. The Bertz CT molecular complexity index is 728. The average Bonchev–Trinajstić information content (AvgIpc) is 3.07. The topological polar surface area (TPSA) is 66.5 Å². The first kappa shape index (κ1) is 21.1. The third-order valence-corrected chi connectivity index (χ3v) is 7.51. The van der Waals surface area contributed by atoms with Crippen molar-refractivity contribution in [3.05, 3.63) is 29.3 Å². The zero-order valence-electron chi connectivity index (χ0n) is 16.1. The summed E-state index contributed by atoms with van der Waals surface area (Å²) in [5, 5.41) is 3.60. The first-order valence-corrected chi connectivity index (χ1v) is 12.1. The molecule has 0 heterocycles. The largest absolute Gasteiger partial charge is 0.353 e. The van der Waals surface area contributed by atoms with E-state index in [0.717, 1.165) is 23.1 Å². The Kier molecular flexibility index (Phi) is 7.41. The van der Waals surface area contributed by atoms with E-state index < -0.39 is 16.1 Å². The molecular formula is C19H30N2O3S2. The molecule has 26 heavy (non-hydrogen) atoms. The summed E-state index contributed by atoms with van der Waals surface area (Å²) in [6.07, 6.45) is 6.29. The minimum absolute atomic E-state index is 0.263. The molecule has 1 aromatic rings. The van der Waals surface area contributed by atoms with Gasteiger partial charge in [0.15, 0.2) is 0 Å². The van der Waals surface area contributed by atoms with Gasteiger partial charge in [-0.2, -0.15) is 11.8 Å². The number of sulfonamides is 1. The maximum absolute atomic E-state index is 12.5. The van der Waals surface area contributed by atoms with Crippen molar-refractivity contribution in [1.82, 2.24) is 5.32 Å². The number of thioether (sulfide) groups is 1. The summed E-state index contributed by atoms with van der Waals surface area (Å²) < 4.78 is 25.8. The van der Waals surface area contributed by atoms with Gasteiger partial charge in [-0.05, 0) is 56.9 Å². The summed E-state index contributed by atoms with van der Waals surface area (Å²) >= 11 is 1.91. The minimum Gasteiger partial charge on any atom is -0.353 e. The second kappa shape index (κ2) is 9.13. The van der Waals surface area contributed by atoms with Crippen LogP contribution in [0.25, 0.3) is 0 Å². The van der Waals surface area contributed by atoms with Gasteiger partial charge in [0.1, 0.15) is 6.04 Å². The quantitative estimate of drug-likeness (QED) is 0.683. The van der Waals surface area contributed by atoms with Crippen molar-refractivity contribution in [3.63, 3.8) is 0 Å². The number of nitrogens with zero attached hydrogens (tertiary/aromatic N) is 1. The molecule has 7 heteroatoms. The fraction of sp³-hybridized carbons (Fsp3) is 0.632. The van der Waals surface area contributed by atoms with E-state index in [9.17, 15) is 13.2 Å². The van der Waals surface area contributed by atoms with Crippen molar-refractivity contribution < 1.29 is 13.2 Å². The molecular weight excluding hydrogens is 368 g/mol. The van der Waals surface area contributed by atoms with Crippen LogP contribution in [-0.2, 0) is 14.8 Å². The van der Waals surface area contributed by atoms with E-state index in [1.165, 1.54) is 30.0 Å². The van der Waals surface area contributed by atoms with Crippen LogP contribution in [0.15, 0.2) is 18.2 Å². The molecule has 0 unspecified atom stereocenters. The molecule has 1 fully saturated rings. The van der Waals surface area contributed by atoms with Gasteiger partial charge in [0, 0.05) is 17.5 Å². The zero-order valence-corrected chi connectivity index (χ0v) is 17.8. The Hall–Kier alpha value is -1.21.